The quantitative estimate of drug-likeness (QED) is 0.319. The summed E-state index contributed by atoms with van der Waals surface area (Å²) in [5, 5.41) is 12.3. The first-order valence-electron chi connectivity index (χ1n) is 16.6. The Hall–Kier alpha value is -3.22. The number of carbonyl (C=O) groups is 2. The highest BCUT2D eigenvalue weighted by Gasteiger charge is 2.33. The maximum absolute atomic E-state index is 12.9. The third-order valence-electron chi connectivity index (χ3n) is 9.14. The Balaban J connectivity index is 0.000000307. The zero-order valence-corrected chi connectivity index (χ0v) is 28.9. The van der Waals surface area contributed by atoms with Crippen LogP contribution >= 0.6 is 22.9 Å². The van der Waals surface area contributed by atoms with Crippen molar-refractivity contribution < 1.29 is 14.3 Å². The van der Waals surface area contributed by atoms with Gasteiger partial charge >= 0.3 is 0 Å². The van der Waals surface area contributed by atoms with Crippen LogP contribution in [0.4, 0.5) is 0 Å². The summed E-state index contributed by atoms with van der Waals surface area (Å²) in [5.74, 6) is 0.0109. The lowest BCUT2D eigenvalue weighted by atomic mass is 9.94. The zero-order valence-electron chi connectivity index (χ0n) is 27.3. The van der Waals surface area contributed by atoms with E-state index in [9.17, 15) is 4.79 Å². The van der Waals surface area contributed by atoms with Crippen molar-refractivity contribution in [2.45, 2.75) is 94.8 Å². The van der Waals surface area contributed by atoms with Gasteiger partial charge in [0.1, 0.15) is 6.79 Å². The maximum Gasteiger partial charge on any atom is 0.247 e. The van der Waals surface area contributed by atoms with Crippen LogP contribution in [0.2, 0.25) is 0 Å². The second kappa shape index (κ2) is 16.7. The number of alkyl halides is 1. The molecule has 3 fully saturated rings. The molecule has 1 amide bonds. The molecule has 5 heterocycles. The minimum Gasteiger partial charge on any atom is -0.372 e. The Kier molecular flexibility index (Phi) is 12.5. The fraction of sp³-hybridized carbons (Fsp3) is 0.514. The summed E-state index contributed by atoms with van der Waals surface area (Å²) in [6.07, 6.45) is 19.2. The Morgan fingerprint density at radius 3 is 2.51 bits per heavy atom. The summed E-state index contributed by atoms with van der Waals surface area (Å²) < 4.78 is 7.53. The lowest BCUT2D eigenvalue weighted by molar-refractivity contribution is -0.118. The van der Waals surface area contributed by atoms with E-state index < -0.39 is 0 Å². The molecule has 0 spiro atoms. The van der Waals surface area contributed by atoms with Gasteiger partial charge < -0.3 is 25.9 Å². The molecule has 4 N–H and O–H groups in total. The lowest BCUT2D eigenvalue weighted by Crippen LogP contribution is -2.38. The van der Waals surface area contributed by atoms with Crippen molar-refractivity contribution in [1.82, 2.24) is 30.4 Å². The molecule has 3 atom stereocenters. The third-order valence-corrected chi connectivity index (χ3v) is 10.5. The number of ether oxygens (including phenoxy) is 1. The number of hydrogen-bond acceptors (Lipinski definition) is 9. The number of pyridine rings is 1. The van der Waals surface area contributed by atoms with Gasteiger partial charge in [-0.15, -0.1) is 22.9 Å². The summed E-state index contributed by atoms with van der Waals surface area (Å²) in [7, 11) is 1.50. The third kappa shape index (κ3) is 8.09. The molecular formula is C35H46ClN7O3S. The molecule has 5 aliphatic rings. The average molecular weight is 680 g/mol. The average Bonchev–Trinajstić information content (AvgIpc) is 3.80. The van der Waals surface area contributed by atoms with Gasteiger partial charge in [-0.1, -0.05) is 25.3 Å². The topological polar surface area (TPSA) is 137 Å². The van der Waals surface area contributed by atoms with Crippen LogP contribution in [0.25, 0.3) is 27.5 Å². The largest absolute Gasteiger partial charge is 0.372 e. The summed E-state index contributed by atoms with van der Waals surface area (Å²) >= 11 is 8.66. The Morgan fingerprint density at radius 1 is 1.11 bits per heavy atom. The molecule has 3 aromatic rings. The molecule has 2 aliphatic heterocycles. The number of thiazole rings is 1. The minimum absolute atomic E-state index is 0.0109. The Bertz CT molecular complexity index is 1550. The molecule has 1 saturated carbocycles. The maximum atomic E-state index is 12.9. The van der Waals surface area contributed by atoms with Gasteiger partial charge in [0.15, 0.2) is 0 Å². The van der Waals surface area contributed by atoms with E-state index in [1.807, 2.05) is 35.9 Å². The van der Waals surface area contributed by atoms with Gasteiger partial charge in [-0.05, 0) is 77.1 Å². The number of aryl methyl sites for hydroxylation is 2. The van der Waals surface area contributed by atoms with Gasteiger partial charge in [-0.3, -0.25) is 9.78 Å². The molecule has 0 radical (unpaired) electrons. The van der Waals surface area contributed by atoms with Crippen LogP contribution in [-0.4, -0.2) is 76.2 Å². The predicted molar refractivity (Wildman–Crippen MR) is 188 cm³/mol. The first-order valence-corrected chi connectivity index (χ1v) is 17.9. The second-order valence-corrected chi connectivity index (χ2v) is 13.9. The number of morpholine rings is 1. The van der Waals surface area contributed by atoms with Crippen molar-refractivity contribution in [2.24, 2.45) is 5.73 Å². The van der Waals surface area contributed by atoms with Gasteiger partial charge in [0.2, 0.25) is 5.91 Å². The molecule has 8 rings (SSSR count). The zero-order chi connectivity index (χ0) is 33.3. The Morgan fingerprint density at radius 2 is 1.85 bits per heavy atom. The number of hydrogen-bond donors (Lipinski definition) is 3. The molecule has 12 heteroatoms. The van der Waals surface area contributed by atoms with E-state index >= 15 is 0 Å². The first-order chi connectivity index (χ1) is 23.0. The predicted octanol–water partition coefficient (Wildman–Crippen LogP) is 5.23. The monoisotopic (exact) mass is 679 g/mol. The van der Waals surface area contributed by atoms with Gasteiger partial charge in [0.05, 0.1) is 50.2 Å². The fourth-order valence-corrected chi connectivity index (χ4v) is 8.30. The highest BCUT2D eigenvalue weighted by molar-refractivity contribution is 7.15. The van der Waals surface area contributed by atoms with E-state index in [-0.39, 0.29) is 17.3 Å². The molecule has 3 aromatic heterocycles. The van der Waals surface area contributed by atoms with E-state index in [0.717, 1.165) is 77.7 Å². The van der Waals surface area contributed by atoms with Crippen molar-refractivity contribution in [3.63, 3.8) is 0 Å². The van der Waals surface area contributed by atoms with Crippen LogP contribution in [-0.2, 0) is 27.2 Å². The van der Waals surface area contributed by atoms with Crippen molar-refractivity contribution in [2.75, 3.05) is 20.1 Å². The summed E-state index contributed by atoms with van der Waals surface area (Å²) in [6, 6.07) is 4.27. The highest BCUT2D eigenvalue weighted by atomic mass is 35.5. The summed E-state index contributed by atoms with van der Waals surface area (Å²) in [4.78, 5) is 31.2. The van der Waals surface area contributed by atoms with Crippen molar-refractivity contribution in [3.8, 4) is 21.8 Å². The molecule has 47 heavy (non-hydrogen) atoms. The van der Waals surface area contributed by atoms with Crippen LogP contribution in [0.15, 0.2) is 42.3 Å². The molecular weight excluding hydrogens is 634 g/mol. The van der Waals surface area contributed by atoms with E-state index in [4.69, 9.17) is 31.2 Å². The van der Waals surface area contributed by atoms with Crippen LogP contribution in [0, 0.1) is 6.92 Å². The van der Waals surface area contributed by atoms with Crippen LogP contribution in [0.3, 0.4) is 0 Å². The van der Waals surface area contributed by atoms with Gasteiger partial charge in [0, 0.05) is 48.2 Å². The number of amides is 1. The first kappa shape index (κ1) is 35.1. The number of carbonyl (C=O) groups excluding carboxylic acids is 2. The van der Waals surface area contributed by atoms with Gasteiger partial charge in [0.25, 0.3) is 0 Å². The van der Waals surface area contributed by atoms with Gasteiger partial charge in [-0.2, -0.15) is 5.10 Å². The van der Waals surface area contributed by atoms with E-state index in [2.05, 4.69) is 34.3 Å². The number of allylic oxidation sites excluding steroid dienone is 3. The number of nitrogens with zero attached hydrogens (tertiary/aromatic N) is 4. The lowest BCUT2D eigenvalue weighted by Gasteiger charge is -2.25. The molecule has 0 aromatic carbocycles. The van der Waals surface area contributed by atoms with Gasteiger partial charge in [-0.25, -0.2) is 9.67 Å². The molecule has 252 valence electrons. The number of nitrogens with two attached hydrogens (primary N) is 1. The summed E-state index contributed by atoms with van der Waals surface area (Å²) in [5.41, 5.74) is 11.5. The van der Waals surface area contributed by atoms with Crippen molar-refractivity contribution in [3.05, 3.63) is 58.5 Å². The molecule has 2 saturated heterocycles. The standard InChI is InChI=1S/C27H28ClN5OS.C6H11NO.CH5N.CH2O/c1-16-30-22-11-10-20-24(18-6-5-13-29-15-18)32-33(25(20)26(22)35-16)23-12-9-17(14-21(23)28)27(34)31-19-7-3-2-4-8-19;1-2-6-4-7-3-5(1)8-6;2*1-2/h5-6,9,12-13,15,19,21H,2-4,7-8,10-11,14H2,1H3,(H,31,34);5-7H,1-4H2;2H2,1H3;1H2. The molecule has 3 aliphatic carbocycles. The SMILES string of the molecule is C1CC2CNCC1O2.C=O.CN.Cc1nc2c(s1)-c1c(c(-c3cccnc3)nn1C1=CC=C(C(=O)NC3CCCCC3)CC1Cl)CC2. The minimum atomic E-state index is -0.350. The number of nitrogens with one attached hydrogen (secondary N) is 2. The van der Waals surface area contributed by atoms with Crippen LogP contribution < -0.4 is 16.4 Å². The summed E-state index contributed by atoms with van der Waals surface area (Å²) in [6.45, 7) is 6.21. The van der Waals surface area contributed by atoms with E-state index in [1.165, 1.54) is 49.6 Å². The fourth-order valence-electron chi connectivity index (χ4n) is 6.95. The van der Waals surface area contributed by atoms with Crippen molar-refractivity contribution in [1.29, 1.82) is 0 Å². The Labute approximate surface area is 286 Å². The molecule has 2 bridgehead atoms. The van der Waals surface area contributed by atoms with Crippen LogP contribution in [0.1, 0.15) is 67.6 Å². The highest BCUT2D eigenvalue weighted by Crippen LogP contribution is 2.44. The number of aromatic nitrogens is 4. The number of halogens is 1. The molecule has 3 unspecified atom stereocenters. The normalized spacial score (nSPS) is 22.8. The van der Waals surface area contributed by atoms with Crippen LogP contribution in [0.5, 0.6) is 0 Å². The molecule has 10 nitrogen and oxygen atoms in total. The smallest absolute Gasteiger partial charge is 0.247 e. The second-order valence-electron chi connectivity index (χ2n) is 12.2. The van der Waals surface area contributed by atoms with Crippen molar-refractivity contribution >= 4 is 41.3 Å². The van der Waals surface area contributed by atoms with E-state index in [1.54, 1.807) is 17.5 Å². The number of fused-ring (bicyclic) bond motifs is 5. The number of rotatable bonds is 4. The van der Waals surface area contributed by atoms with E-state index in [0.29, 0.717) is 18.6 Å².